The average molecular weight is 580 g/mol. The van der Waals surface area contributed by atoms with Crippen molar-refractivity contribution in [2.24, 2.45) is 0 Å². The zero-order valence-corrected chi connectivity index (χ0v) is 22.5. The van der Waals surface area contributed by atoms with Crippen molar-refractivity contribution in [1.82, 2.24) is 0 Å². The van der Waals surface area contributed by atoms with E-state index >= 15 is 0 Å². The van der Waals surface area contributed by atoms with E-state index in [-0.39, 0.29) is 5.88 Å². The summed E-state index contributed by atoms with van der Waals surface area (Å²) in [5.41, 5.74) is 2.59. The number of ether oxygens (including phenoxy) is 1. The highest BCUT2D eigenvalue weighted by Gasteiger charge is 2.31. The smallest absolute Gasteiger partial charge is 0.269 e. The molecule has 0 unspecified atom stereocenters. The van der Waals surface area contributed by atoms with Crippen LogP contribution in [0.25, 0.3) is 38.2 Å². The Hall–Kier alpha value is -3.81. The van der Waals surface area contributed by atoms with Gasteiger partial charge in [0.1, 0.15) is 20.7 Å². The number of hydrogen-bond donors (Lipinski definition) is 0. The maximum Gasteiger partial charge on any atom is 0.269 e. The fourth-order valence-electron chi connectivity index (χ4n) is 4.68. The van der Waals surface area contributed by atoms with Crippen molar-refractivity contribution in [3.63, 3.8) is 0 Å². The van der Waals surface area contributed by atoms with Crippen LogP contribution in [0.5, 0.6) is 5.75 Å². The normalized spacial score (nSPS) is 14.7. The van der Waals surface area contributed by atoms with Crippen molar-refractivity contribution in [2.75, 3.05) is 10.8 Å². The summed E-state index contributed by atoms with van der Waals surface area (Å²) in [7, 11) is -9.44. The first-order valence-electron chi connectivity index (χ1n) is 11.6. The van der Waals surface area contributed by atoms with Crippen molar-refractivity contribution < 1.29 is 35.2 Å². The van der Waals surface area contributed by atoms with Gasteiger partial charge in [0.2, 0.25) is 17.3 Å². The number of benzene rings is 4. The van der Waals surface area contributed by atoms with Crippen molar-refractivity contribution in [3.05, 3.63) is 95.8 Å². The van der Waals surface area contributed by atoms with Gasteiger partial charge in [-0.2, -0.15) is 4.57 Å². The molecule has 1 aliphatic heterocycles. The Morgan fingerprint density at radius 2 is 1.59 bits per heavy atom. The lowest BCUT2D eigenvalue weighted by atomic mass is 10.0. The Morgan fingerprint density at radius 3 is 2.33 bits per heavy atom. The van der Waals surface area contributed by atoms with Crippen LogP contribution >= 0.6 is 11.3 Å². The minimum absolute atomic E-state index is 0.0162. The summed E-state index contributed by atoms with van der Waals surface area (Å²) in [4.78, 5) is 1.24. The zero-order chi connectivity index (χ0) is 27.4. The van der Waals surface area contributed by atoms with Gasteiger partial charge in [0.25, 0.3) is 5.01 Å². The van der Waals surface area contributed by atoms with Crippen LogP contribution in [0.2, 0.25) is 0 Å². The van der Waals surface area contributed by atoms with Gasteiger partial charge in [0.05, 0.1) is 17.1 Å². The Labute approximate surface area is 228 Å². The third kappa shape index (κ3) is 5.12. The number of rotatable bonds is 6. The van der Waals surface area contributed by atoms with Crippen LogP contribution in [-0.2, 0) is 26.1 Å². The fourth-order valence-corrected chi connectivity index (χ4v) is 7.04. The molecule has 4 aromatic carbocycles. The quantitative estimate of drug-likeness (QED) is 0.216. The molecule has 9 nitrogen and oxygen atoms in total. The van der Waals surface area contributed by atoms with Crippen LogP contribution < -0.4 is 14.2 Å². The summed E-state index contributed by atoms with van der Waals surface area (Å²) in [6.07, 6.45) is 1.46. The Balaban J connectivity index is 1.54. The van der Waals surface area contributed by atoms with Crippen LogP contribution in [0.4, 0.5) is 5.69 Å². The lowest BCUT2D eigenvalue weighted by molar-refractivity contribution is -0.648. The van der Waals surface area contributed by atoms with E-state index in [2.05, 4.69) is 0 Å². The number of anilines is 1. The highest BCUT2D eigenvalue weighted by molar-refractivity contribution is 7.85. The Kier molecular flexibility index (Phi) is 6.16. The number of nitrogens with zero attached hydrogens (tertiary/aromatic N) is 2. The van der Waals surface area contributed by atoms with Crippen molar-refractivity contribution >= 4 is 64.3 Å². The standard InChI is InChI=1S/C27H20N2O7S3/c30-38(31,32)16-28-22-14-20(18-6-2-1-3-7-18)10-12-23(22)36-25(28)15-26-29(17-39(33,34)35)27-21-9-5-4-8-19(21)11-13-24(27)37-26/h1-15H,16-17H2,(H-,30,31,32,33,34,35)/p-1. The van der Waals surface area contributed by atoms with Gasteiger partial charge in [0, 0.05) is 0 Å². The van der Waals surface area contributed by atoms with Gasteiger partial charge in [-0.15, -0.1) is 0 Å². The first kappa shape index (κ1) is 25.5. The highest BCUT2D eigenvalue weighted by Crippen LogP contribution is 2.42. The summed E-state index contributed by atoms with van der Waals surface area (Å²) in [6.45, 7) is 0. The minimum Gasteiger partial charge on any atom is -0.747 e. The van der Waals surface area contributed by atoms with Crippen molar-refractivity contribution in [3.8, 4) is 16.9 Å². The molecule has 39 heavy (non-hydrogen) atoms. The number of aromatic nitrogens is 1. The Bertz CT molecular complexity index is 2000. The van der Waals surface area contributed by atoms with Crippen LogP contribution in [-0.4, -0.2) is 31.8 Å². The molecule has 0 saturated heterocycles. The number of thiazole rings is 1. The third-order valence-electron chi connectivity index (χ3n) is 6.27. The van der Waals surface area contributed by atoms with Gasteiger partial charge in [-0.05, 0) is 40.8 Å². The molecule has 0 radical (unpaired) electrons. The van der Waals surface area contributed by atoms with Crippen LogP contribution in [0.3, 0.4) is 0 Å². The molecule has 0 spiro atoms. The van der Waals surface area contributed by atoms with Crippen LogP contribution in [0, 0.1) is 0 Å². The van der Waals surface area contributed by atoms with E-state index in [1.807, 2.05) is 72.8 Å². The first-order chi connectivity index (χ1) is 18.6. The number of hydrogen-bond acceptors (Lipinski definition) is 9. The predicted octanol–water partition coefficient (Wildman–Crippen LogP) is 4.21. The lowest BCUT2D eigenvalue weighted by Gasteiger charge is -2.20. The van der Waals surface area contributed by atoms with Gasteiger partial charge >= 0.3 is 0 Å². The largest absolute Gasteiger partial charge is 0.747 e. The third-order valence-corrected chi connectivity index (χ3v) is 8.52. The van der Waals surface area contributed by atoms with Gasteiger partial charge in [-0.3, -0.25) is 4.90 Å². The van der Waals surface area contributed by atoms with Gasteiger partial charge < -0.3 is 13.8 Å². The summed E-state index contributed by atoms with van der Waals surface area (Å²) >= 11 is 1.21. The maximum atomic E-state index is 11.9. The Morgan fingerprint density at radius 1 is 0.846 bits per heavy atom. The summed E-state index contributed by atoms with van der Waals surface area (Å²) < 4.78 is 79.5. The van der Waals surface area contributed by atoms with E-state index < -0.39 is 32.0 Å². The molecule has 0 amide bonds. The molecule has 0 saturated carbocycles. The topological polar surface area (TPSA) is 131 Å². The molecule has 6 rings (SSSR count). The highest BCUT2D eigenvalue weighted by atomic mass is 32.2. The molecule has 5 aromatic rings. The molecular formula is C27H19N2O7S3-. The second-order valence-electron chi connectivity index (χ2n) is 8.94. The SMILES string of the molecule is O=S(=O)([O-])CN1/C(=C/c2sc3ccc4ccccc4c3[n+]2CS(=O)(=O)[O-])Oc2ccc(-c3ccccc3)cc21. The summed E-state index contributed by atoms with van der Waals surface area (Å²) in [5.74, 6) is -1.40. The van der Waals surface area contributed by atoms with Crippen LogP contribution in [0.1, 0.15) is 5.01 Å². The molecule has 1 aromatic heterocycles. The molecule has 2 heterocycles. The molecule has 0 N–H and O–H groups in total. The van der Waals surface area contributed by atoms with E-state index in [0.29, 0.717) is 26.7 Å². The van der Waals surface area contributed by atoms with Gasteiger partial charge in [-0.1, -0.05) is 72.0 Å². The van der Waals surface area contributed by atoms with Crippen LogP contribution in [0.15, 0.2) is 90.8 Å². The lowest BCUT2D eigenvalue weighted by Crippen LogP contribution is -2.39. The van der Waals surface area contributed by atoms with E-state index in [0.717, 1.165) is 21.9 Å². The average Bonchev–Trinajstić information content (AvgIpc) is 3.40. The van der Waals surface area contributed by atoms with E-state index in [1.54, 1.807) is 12.1 Å². The summed E-state index contributed by atoms with van der Waals surface area (Å²) in [6, 6.07) is 25.7. The van der Waals surface area contributed by atoms with Gasteiger partial charge in [-0.25, -0.2) is 16.8 Å². The summed E-state index contributed by atoms with van der Waals surface area (Å²) in [5, 5.41) is 1.94. The second kappa shape index (κ2) is 9.43. The molecule has 0 atom stereocenters. The zero-order valence-electron chi connectivity index (χ0n) is 20.1. The van der Waals surface area contributed by atoms with Crippen molar-refractivity contribution in [2.45, 2.75) is 5.88 Å². The predicted molar refractivity (Wildman–Crippen MR) is 147 cm³/mol. The van der Waals surface area contributed by atoms with E-state index in [4.69, 9.17) is 4.74 Å². The second-order valence-corrected chi connectivity index (χ2v) is 12.7. The van der Waals surface area contributed by atoms with E-state index in [1.165, 1.54) is 26.9 Å². The molecule has 0 aliphatic carbocycles. The fraction of sp³-hybridized carbons (Fsp3) is 0.0741. The monoisotopic (exact) mass is 579 g/mol. The van der Waals surface area contributed by atoms with E-state index in [9.17, 15) is 25.9 Å². The maximum absolute atomic E-state index is 11.9. The molecule has 12 heteroatoms. The molecule has 1 aliphatic rings. The molecule has 0 bridgehead atoms. The van der Waals surface area contributed by atoms with Gasteiger partial charge in [0.15, 0.2) is 15.9 Å². The first-order valence-corrected chi connectivity index (χ1v) is 15.6. The molecular weight excluding hydrogens is 561 g/mol. The molecule has 0 fully saturated rings. The number of fused-ring (bicyclic) bond motifs is 4. The molecule has 198 valence electrons. The minimum atomic E-state index is -4.74. The van der Waals surface area contributed by atoms with Crippen molar-refractivity contribution in [1.29, 1.82) is 0 Å².